The first kappa shape index (κ1) is 14.4. The molecule has 0 fully saturated rings. The van der Waals surface area contributed by atoms with Crippen LogP contribution in [0, 0.1) is 11.6 Å². The Morgan fingerprint density at radius 3 is 2.37 bits per heavy atom. The number of benzene rings is 2. The molecule has 0 unspecified atom stereocenters. The standard InChI is InChI=1S/C13H8Cl3F2N/c14-8-4-5-9(15)12(16)7(8)6-19-11-3-1-2-10(17)13(11)18/h1-5,19H,6H2. The molecule has 1 nitrogen and oxygen atoms in total. The van der Waals surface area contributed by atoms with Crippen LogP contribution >= 0.6 is 34.8 Å². The Morgan fingerprint density at radius 1 is 0.947 bits per heavy atom. The van der Waals surface area contributed by atoms with Crippen LogP contribution in [0.3, 0.4) is 0 Å². The average Bonchev–Trinajstić information content (AvgIpc) is 2.39. The summed E-state index contributed by atoms with van der Waals surface area (Å²) in [6.07, 6.45) is 0. The molecule has 0 aliphatic carbocycles. The fraction of sp³-hybridized carbons (Fsp3) is 0.0769. The predicted molar refractivity (Wildman–Crippen MR) is 75.2 cm³/mol. The molecule has 0 aliphatic rings. The summed E-state index contributed by atoms with van der Waals surface area (Å²) in [7, 11) is 0. The van der Waals surface area contributed by atoms with Crippen molar-refractivity contribution >= 4 is 40.5 Å². The highest BCUT2D eigenvalue weighted by atomic mass is 35.5. The quantitative estimate of drug-likeness (QED) is 0.732. The zero-order valence-corrected chi connectivity index (χ0v) is 11.8. The van der Waals surface area contributed by atoms with Crippen LogP contribution in [0.4, 0.5) is 14.5 Å². The van der Waals surface area contributed by atoms with Crippen LogP contribution in [-0.4, -0.2) is 0 Å². The molecule has 0 heterocycles. The van der Waals surface area contributed by atoms with Crippen LogP contribution in [0.5, 0.6) is 0 Å². The molecular formula is C13H8Cl3F2N. The van der Waals surface area contributed by atoms with Gasteiger partial charge in [0.2, 0.25) is 0 Å². The topological polar surface area (TPSA) is 12.0 Å². The Balaban J connectivity index is 2.24. The van der Waals surface area contributed by atoms with E-state index in [1.54, 1.807) is 12.1 Å². The predicted octanol–water partition coefficient (Wildman–Crippen LogP) is 5.54. The summed E-state index contributed by atoms with van der Waals surface area (Å²) in [4.78, 5) is 0. The van der Waals surface area contributed by atoms with E-state index in [1.807, 2.05) is 0 Å². The number of rotatable bonds is 3. The highest BCUT2D eigenvalue weighted by Crippen LogP contribution is 2.32. The third-order valence-corrected chi connectivity index (χ3v) is 3.74. The van der Waals surface area contributed by atoms with Crippen molar-refractivity contribution in [3.05, 3.63) is 62.6 Å². The molecule has 100 valence electrons. The van der Waals surface area contributed by atoms with Gasteiger partial charge in [-0.1, -0.05) is 40.9 Å². The molecule has 2 rings (SSSR count). The molecule has 0 aromatic heterocycles. The molecule has 2 aromatic carbocycles. The summed E-state index contributed by atoms with van der Waals surface area (Å²) in [6, 6.07) is 7.03. The summed E-state index contributed by atoms with van der Waals surface area (Å²) in [6.45, 7) is 0.137. The van der Waals surface area contributed by atoms with Gasteiger partial charge in [-0.15, -0.1) is 0 Å². The molecule has 2 aromatic rings. The molecule has 0 saturated carbocycles. The molecule has 0 radical (unpaired) electrons. The van der Waals surface area contributed by atoms with E-state index in [9.17, 15) is 8.78 Å². The summed E-state index contributed by atoms with van der Waals surface area (Å²) in [5.74, 6) is -1.87. The van der Waals surface area contributed by atoms with Gasteiger partial charge < -0.3 is 5.32 Å². The second-order valence-electron chi connectivity index (χ2n) is 3.78. The van der Waals surface area contributed by atoms with Gasteiger partial charge in [-0.2, -0.15) is 0 Å². The van der Waals surface area contributed by atoms with Gasteiger partial charge in [-0.05, 0) is 24.3 Å². The van der Waals surface area contributed by atoms with E-state index in [0.717, 1.165) is 6.07 Å². The van der Waals surface area contributed by atoms with Crippen molar-refractivity contribution in [2.45, 2.75) is 6.54 Å². The SMILES string of the molecule is Fc1cccc(NCc2c(Cl)ccc(Cl)c2Cl)c1F. The van der Waals surface area contributed by atoms with Crippen molar-refractivity contribution in [2.24, 2.45) is 0 Å². The molecule has 0 spiro atoms. The van der Waals surface area contributed by atoms with E-state index in [2.05, 4.69) is 5.32 Å². The molecule has 0 aliphatic heterocycles. The van der Waals surface area contributed by atoms with Crippen LogP contribution in [0.25, 0.3) is 0 Å². The Morgan fingerprint density at radius 2 is 1.63 bits per heavy atom. The van der Waals surface area contributed by atoms with E-state index in [4.69, 9.17) is 34.8 Å². The van der Waals surface area contributed by atoms with Crippen LogP contribution in [-0.2, 0) is 6.54 Å². The Hall–Kier alpha value is -1.03. The Kier molecular flexibility index (Phi) is 4.50. The van der Waals surface area contributed by atoms with Gasteiger partial charge in [0.15, 0.2) is 11.6 Å². The lowest BCUT2D eigenvalue weighted by molar-refractivity contribution is 0.511. The Bertz CT molecular complexity index is 617. The van der Waals surface area contributed by atoms with E-state index >= 15 is 0 Å². The van der Waals surface area contributed by atoms with E-state index in [-0.39, 0.29) is 12.2 Å². The Labute approximate surface area is 124 Å². The van der Waals surface area contributed by atoms with E-state index in [0.29, 0.717) is 20.6 Å². The van der Waals surface area contributed by atoms with Gasteiger partial charge in [0, 0.05) is 17.1 Å². The first-order valence-electron chi connectivity index (χ1n) is 5.31. The zero-order chi connectivity index (χ0) is 14.0. The summed E-state index contributed by atoms with van der Waals surface area (Å²) < 4.78 is 26.5. The fourth-order valence-corrected chi connectivity index (χ4v) is 2.24. The lowest BCUT2D eigenvalue weighted by Crippen LogP contribution is -2.04. The number of nitrogens with one attached hydrogen (secondary N) is 1. The molecule has 6 heteroatoms. The lowest BCUT2D eigenvalue weighted by atomic mass is 10.2. The maximum atomic E-state index is 13.5. The maximum absolute atomic E-state index is 13.5. The molecule has 0 amide bonds. The third-order valence-electron chi connectivity index (χ3n) is 2.55. The van der Waals surface area contributed by atoms with Crippen LogP contribution < -0.4 is 5.32 Å². The highest BCUT2D eigenvalue weighted by Gasteiger charge is 2.11. The lowest BCUT2D eigenvalue weighted by Gasteiger charge is -2.11. The van der Waals surface area contributed by atoms with Crippen molar-refractivity contribution in [2.75, 3.05) is 5.32 Å². The summed E-state index contributed by atoms with van der Waals surface area (Å²) >= 11 is 17.9. The second-order valence-corrected chi connectivity index (χ2v) is 4.97. The number of hydrogen-bond acceptors (Lipinski definition) is 1. The van der Waals surface area contributed by atoms with Crippen molar-refractivity contribution in [3.63, 3.8) is 0 Å². The highest BCUT2D eigenvalue weighted by molar-refractivity contribution is 6.44. The molecular weight excluding hydrogens is 315 g/mol. The maximum Gasteiger partial charge on any atom is 0.181 e. The minimum Gasteiger partial charge on any atom is -0.378 e. The number of hydrogen-bond donors (Lipinski definition) is 1. The third kappa shape index (κ3) is 3.11. The molecule has 0 atom stereocenters. The van der Waals surface area contributed by atoms with Crippen molar-refractivity contribution < 1.29 is 8.78 Å². The summed E-state index contributed by atoms with van der Waals surface area (Å²) in [5.41, 5.74) is 0.562. The average molecular weight is 323 g/mol. The fourth-order valence-electron chi connectivity index (χ4n) is 1.56. The molecule has 19 heavy (non-hydrogen) atoms. The largest absolute Gasteiger partial charge is 0.378 e. The van der Waals surface area contributed by atoms with Crippen molar-refractivity contribution in [1.82, 2.24) is 0 Å². The first-order valence-corrected chi connectivity index (χ1v) is 6.44. The monoisotopic (exact) mass is 321 g/mol. The first-order chi connectivity index (χ1) is 9.00. The molecule has 0 saturated heterocycles. The van der Waals surface area contributed by atoms with Gasteiger partial charge in [0.1, 0.15) is 0 Å². The zero-order valence-electron chi connectivity index (χ0n) is 9.48. The smallest absolute Gasteiger partial charge is 0.181 e. The van der Waals surface area contributed by atoms with Gasteiger partial charge in [-0.25, -0.2) is 8.78 Å². The van der Waals surface area contributed by atoms with Crippen LogP contribution in [0.1, 0.15) is 5.56 Å². The van der Waals surface area contributed by atoms with E-state index in [1.165, 1.54) is 12.1 Å². The minimum absolute atomic E-state index is 0.0344. The number of anilines is 1. The second kappa shape index (κ2) is 5.95. The van der Waals surface area contributed by atoms with Gasteiger partial charge in [-0.3, -0.25) is 0 Å². The number of halogens is 5. The van der Waals surface area contributed by atoms with Crippen LogP contribution in [0.2, 0.25) is 15.1 Å². The normalized spacial score (nSPS) is 10.6. The van der Waals surface area contributed by atoms with Gasteiger partial charge >= 0.3 is 0 Å². The molecule has 1 N–H and O–H groups in total. The van der Waals surface area contributed by atoms with Gasteiger partial charge in [0.05, 0.1) is 15.7 Å². The minimum atomic E-state index is -0.947. The van der Waals surface area contributed by atoms with Crippen molar-refractivity contribution in [1.29, 1.82) is 0 Å². The summed E-state index contributed by atoms with van der Waals surface area (Å²) in [5, 5.41) is 3.78. The van der Waals surface area contributed by atoms with Crippen LogP contribution in [0.15, 0.2) is 30.3 Å². The van der Waals surface area contributed by atoms with Gasteiger partial charge in [0.25, 0.3) is 0 Å². The van der Waals surface area contributed by atoms with Crippen molar-refractivity contribution in [3.8, 4) is 0 Å². The molecule has 0 bridgehead atoms. The van der Waals surface area contributed by atoms with E-state index < -0.39 is 11.6 Å².